The molecule has 5 heteroatoms. The number of amides is 1. The van der Waals surface area contributed by atoms with E-state index in [9.17, 15) is 4.79 Å². The molecule has 1 aliphatic heterocycles. The molecule has 1 atom stereocenters. The number of hydrogen-bond acceptors (Lipinski definition) is 4. The van der Waals surface area contributed by atoms with Crippen LogP contribution in [0.3, 0.4) is 0 Å². The molecule has 0 saturated carbocycles. The summed E-state index contributed by atoms with van der Waals surface area (Å²) in [4.78, 5) is 24.4. The van der Waals surface area contributed by atoms with Crippen molar-refractivity contribution in [2.45, 2.75) is 65.3 Å². The maximum absolute atomic E-state index is 12.9. The van der Waals surface area contributed by atoms with Crippen LogP contribution in [0.15, 0.2) is 30.3 Å². The number of aryl methyl sites for hydroxylation is 1. The van der Waals surface area contributed by atoms with Crippen LogP contribution in [0.1, 0.15) is 74.1 Å². The molecule has 2 heterocycles. The minimum atomic E-state index is -0.181. The highest BCUT2D eigenvalue weighted by molar-refractivity contribution is 6.03. The van der Waals surface area contributed by atoms with Crippen LogP contribution in [0.25, 0.3) is 0 Å². The first-order chi connectivity index (χ1) is 13.0. The van der Waals surface area contributed by atoms with Crippen LogP contribution >= 0.6 is 0 Å². The van der Waals surface area contributed by atoms with Gasteiger partial charge in [-0.05, 0) is 56.2 Å². The molecule has 0 radical (unpaired) electrons. The maximum atomic E-state index is 12.9. The predicted molar refractivity (Wildman–Crippen MR) is 111 cm³/mol. The standard InChI is InChI=1S/C22H30N4O/c1-5-17-10-8-9-13-26(17)22-23-16(4)14-20(25-22)21(27)24-19-12-7-6-11-18(19)15(2)3/h6-7,11-12,14-15,17H,5,8-10,13H2,1-4H3,(H,24,27). The molecule has 0 bridgehead atoms. The number of nitrogens with zero attached hydrogens (tertiary/aromatic N) is 3. The lowest BCUT2D eigenvalue weighted by Crippen LogP contribution is -2.40. The number of rotatable bonds is 5. The molecule has 0 aliphatic carbocycles. The number of anilines is 2. The van der Waals surface area contributed by atoms with Gasteiger partial charge < -0.3 is 10.2 Å². The molecular formula is C22H30N4O. The van der Waals surface area contributed by atoms with Gasteiger partial charge in [-0.25, -0.2) is 9.97 Å². The second-order valence-electron chi connectivity index (χ2n) is 7.64. The molecule has 144 valence electrons. The summed E-state index contributed by atoms with van der Waals surface area (Å²) in [6.45, 7) is 9.34. The maximum Gasteiger partial charge on any atom is 0.274 e. The summed E-state index contributed by atoms with van der Waals surface area (Å²) in [5.41, 5.74) is 3.22. The Morgan fingerprint density at radius 3 is 2.78 bits per heavy atom. The van der Waals surface area contributed by atoms with E-state index in [-0.39, 0.29) is 5.91 Å². The van der Waals surface area contributed by atoms with E-state index in [1.54, 1.807) is 6.07 Å². The fraction of sp³-hybridized carbons (Fsp3) is 0.500. The van der Waals surface area contributed by atoms with E-state index in [4.69, 9.17) is 0 Å². The highest BCUT2D eigenvalue weighted by Crippen LogP contribution is 2.26. The summed E-state index contributed by atoms with van der Waals surface area (Å²) in [6.07, 6.45) is 4.63. The zero-order chi connectivity index (χ0) is 19.4. The fourth-order valence-electron chi connectivity index (χ4n) is 3.79. The van der Waals surface area contributed by atoms with Crippen LogP contribution in [0.4, 0.5) is 11.6 Å². The minimum Gasteiger partial charge on any atom is -0.338 e. The number of benzene rings is 1. The number of nitrogens with one attached hydrogen (secondary N) is 1. The van der Waals surface area contributed by atoms with E-state index < -0.39 is 0 Å². The number of hydrogen-bond donors (Lipinski definition) is 1. The van der Waals surface area contributed by atoms with Crippen LogP contribution < -0.4 is 10.2 Å². The van der Waals surface area contributed by atoms with Crippen LogP contribution in [-0.2, 0) is 0 Å². The summed E-state index contributed by atoms with van der Waals surface area (Å²) in [6, 6.07) is 10.2. The number of piperidine rings is 1. The molecule has 27 heavy (non-hydrogen) atoms. The van der Waals surface area contributed by atoms with Crippen molar-refractivity contribution in [3.05, 3.63) is 47.3 Å². The van der Waals surface area contributed by atoms with E-state index in [0.29, 0.717) is 23.6 Å². The largest absolute Gasteiger partial charge is 0.338 e. The Bertz CT molecular complexity index is 803. The molecule has 1 aliphatic rings. The van der Waals surface area contributed by atoms with Crippen molar-refractivity contribution in [2.24, 2.45) is 0 Å². The summed E-state index contributed by atoms with van der Waals surface area (Å²) >= 11 is 0. The molecule has 1 aromatic carbocycles. The first-order valence-corrected chi connectivity index (χ1v) is 10.0. The van der Waals surface area contributed by atoms with Crippen molar-refractivity contribution >= 4 is 17.5 Å². The Kier molecular flexibility index (Phi) is 6.09. The first-order valence-electron chi connectivity index (χ1n) is 10.0. The second-order valence-corrected chi connectivity index (χ2v) is 7.64. The molecule has 3 rings (SSSR count). The molecule has 1 unspecified atom stereocenters. The van der Waals surface area contributed by atoms with Crippen molar-refractivity contribution < 1.29 is 4.79 Å². The second kappa shape index (κ2) is 8.51. The summed E-state index contributed by atoms with van der Waals surface area (Å²) in [5.74, 6) is 0.839. The molecule has 1 aromatic heterocycles. The highest BCUT2D eigenvalue weighted by Gasteiger charge is 2.24. The molecule has 1 saturated heterocycles. The number of carbonyl (C=O) groups excluding carboxylic acids is 1. The van der Waals surface area contributed by atoms with Crippen LogP contribution in [0.5, 0.6) is 0 Å². The molecule has 2 aromatic rings. The minimum absolute atomic E-state index is 0.181. The zero-order valence-electron chi connectivity index (χ0n) is 16.8. The van der Waals surface area contributed by atoms with Gasteiger partial charge in [0.2, 0.25) is 5.95 Å². The van der Waals surface area contributed by atoms with Crippen molar-refractivity contribution in [1.82, 2.24) is 9.97 Å². The lowest BCUT2D eigenvalue weighted by Gasteiger charge is -2.35. The van der Waals surface area contributed by atoms with Crippen LogP contribution in [0.2, 0.25) is 0 Å². The molecule has 1 fully saturated rings. The lowest BCUT2D eigenvalue weighted by atomic mass is 10.0. The first kappa shape index (κ1) is 19.3. The van der Waals surface area contributed by atoms with Crippen LogP contribution in [0, 0.1) is 6.92 Å². The van der Waals surface area contributed by atoms with E-state index >= 15 is 0 Å². The van der Waals surface area contributed by atoms with E-state index in [0.717, 1.165) is 42.8 Å². The SMILES string of the molecule is CCC1CCCCN1c1nc(C)cc(C(=O)Nc2ccccc2C(C)C)n1. The molecule has 1 N–H and O–H groups in total. The van der Waals surface area contributed by atoms with Gasteiger partial charge in [-0.1, -0.05) is 39.0 Å². The zero-order valence-corrected chi connectivity index (χ0v) is 16.8. The third-order valence-corrected chi connectivity index (χ3v) is 5.26. The highest BCUT2D eigenvalue weighted by atomic mass is 16.1. The van der Waals surface area contributed by atoms with Crippen molar-refractivity contribution in [2.75, 3.05) is 16.8 Å². The molecule has 0 spiro atoms. The topological polar surface area (TPSA) is 58.1 Å². The summed E-state index contributed by atoms with van der Waals surface area (Å²) in [5, 5.41) is 3.04. The molecule has 5 nitrogen and oxygen atoms in total. The smallest absolute Gasteiger partial charge is 0.274 e. The van der Waals surface area contributed by atoms with Gasteiger partial charge in [-0.2, -0.15) is 0 Å². The van der Waals surface area contributed by atoms with Gasteiger partial charge in [0.05, 0.1) is 0 Å². The third-order valence-electron chi connectivity index (χ3n) is 5.26. The number of aromatic nitrogens is 2. The van der Waals surface area contributed by atoms with E-state index in [1.165, 1.54) is 6.42 Å². The summed E-state index contributed by atoms with van der Waals surface area (Å²) in [7, 11) is 0. The normalized spacial score (nSPS) is 17.2. The third kappa shape index (κ3) is 4.46. The predicted octanol–water partition coefficient (Wildman–Crippen LogP) is 4.93. The average molecular weight is 367 g/mol. The number of carbonyl (C=O) groups is 1. The van der Waals surface area contributed by atoms with Gasteiger partial charge in [0.25, 0.3) is 5.91 Å². The van der Waals surface area contributed by atoms with Gasteiger partial charge in [0.15, 0.2) is 0 Å². The Morgan fingerprint density at radius 1 is 1.26 bits per heavy atom. The Balaban J connectivity index is 1.87. The molecular weight excluding hydrogens is 336 g/mol. The van der Waals surface area contributed by atoms with Gasteiger partial charge in [0.1, 0.15) is 5.69 Å². The Hall–Kier alpha value is -2.43. The molecule has 1 amide bonds. The van der Waals surface area contributed by atoms with Crippen molar-refractivity contribution in [1.29, 1.82) is 0 Å². The van der Waals surface area contributed by atoms with E-state index in [2.05, 4.69) is 47.0 Å². The van der Waals surface area contributed by atoms with Crippen molar-refractivity contribution in [3.63, 3.8) is 0 Å². The van der Waals surface area contributed by atoms with E-state index in [1.807, 2.05) is 25.1 Å². The van der Waals surface area contributed by atoms with Gasteiger partial charge >= 0.3 is 0 Å². The quantitative estimate of drug-likeness (QED) is 0.815. The lowest BCUT2D eigenvalue weighted by molar-refractivity contribution is 0.102. The van der Waals surface area contributed by atoms with Gasteiger partial charge in [-0.3, -0.25) is 4.79 Å². The summed E-state index contributed by atoms with van der Waals surface area (Å²) < 4.78 is 0. The average Bonchev–Trinajstić information content (AvgIpc) is 2.67. The number of para-hydroxylation sites is 1. The fourth-order valence-corrected chi connectivity index (χ4v) is 3.79. The Labute approximate surface area is 162 Å². The van der Waals surface area contributed by atoms with Crippen LogP contribution in [-0.4, -0.2) is 28.5 Å². The Morgan fingerprint density at radius 2 is 2.04 bits per heavy atom. The monoisotopic (exact) mass is 366 g/mol. The van der Waals surface area contributed by atoms with Crippen molar-refractivity contribution in [3.8, 4) is 0 Å². The van der Waals surface area contributed by atoms with Gasteiger partial charge in [0, 0.05) is 24.0 Å². The van der Waals surface area contributed by atoms with Gasteiger partial charge in [-0.15, -0.1) is 0 Å².